The van der Waals surface area contributed by atoms with Crippen molar-refractivity contribution in [2.75, 3.05) is 13.7 Å². The summed E-state index contributed by atoms with van der Waals surface area (Å²) in [5.41, 5.74) is 1.59. The molecule has 1 N–H and O–H groups in total. The molecule has 0 radical (unpaired) electrons. The summed E-state index contributed by atoms with van der Waals surface area (Å²) in [5.74, 6) is -0.203. The highest BCUT2D eigenvalue weighted by atomic mass is 19.1. The smallest absolute Gasteiger partial charge is 0.227 e. The molecule has 130 valence electrons. The lowest BCUT2D eigenvalue weighted by Gasteiger charge is -2.54. The standard InChI is InChI=1S/C19H25FN2O2/c1-5-24-17-10-16(19(17,2)3)22(4)18(23)8-12-11-21-15-9-13(20)6-7-14(12)15/h6-7,9,11,16-17,21H,5,8,10H2,1-4H3/t16-,17+/m0/s1. The Morgan fingerprint density at radius 1 is 1.46 bits per heavy atom. The monoisotopic (exact) mass is 332 g/mol. The maximum Gasteiger partial charge on any atom is 0.227 e. The van der Waals surface area contributed by atoms with Crippen molar-refractivity contribution in [2.45, 2.75) is 45.8 Å². The highest BCUT2D eigenvalue weighted by Crippen LogP contribution is 2.45. The molecular formula is C19H25FN2O2. The fourth-order valence-corrected chi connectivity index (χ4v) is 3.77. The zero-order valence-corrected chi connectivity index (χ0v) is 14.7. The number of carbonyl (C=O) groups excluding carboxylic acids is 1. The Bertz CT molecular complexity index is 753. The Labute approximate surface area is 142 Å². The van der Waals surface area contributed by atoms with Gasteiger partial charge in [0.2, 0.25) is 5.91 Å². The van der Waals surface area contributed by atoms with E-state index in [2.05, 4.69) is 18.8 Å². The van der Waals surface area contributed by atoms with Crippen molar-refractivity contribution in [3.8, 4) is 0 Å². The topological polar surface area (TPSA) is 45.3 Å². The average Bonchev–Trinajstić information content (AvgIpc) is 2.92. The van der Waals surface area contributed by atoms with Crippen LogP contribution in [0.5, 0.6) is 0 Å². The number of H-pyrrole nitrogens is 1. The predicted octanol–water partition coefficient (Wildman–Crippen LogP) is 3.51. The number of benzene rings is 1. The Morgan fingerprint density at radius 3 is 2.88 bits per heavy atom. The second-order valence-electron chi connectivity index (χ2n) is 7.20. The highest BCUT2D eigenvalue weighted by Gasteiger charge is 2.51. The normalized spacial score (nSPS) is 22.4. The number of carbonyl (C=O) groups is 1. The summed E-state index contributed by atoms with van der Waals surface area (Å²) in [6, 6.07) is 4.79. The third-order valence-corrected chi connectivity index (χ3v) is 5.43. The number of likely N-dealkylation sites (N-methyl/N-ethyl adjacent to an activating group) is 1. The fourth-order valence-electron chi connectivity index (χ4n) is 3.77. The van der Waals surface area contributed by atoms with E-state index in [1.54, 1.807) is 12.3 Å². The van der Waals surface area contributed by atoms with Gasteiger partial charge in [0.1, 0.15) is 5.82 Å². The largest absolute Gasteiger partial charge is 0.378 e. The molecule has 3 rings (SSSR count). The number of amides is 1. The Hall–Kier alpha value is -1.88. The summed E-state index contributed by atoms with van der Waals surface area (Å²) >= 11 is 0. The molecule has 1 heterocycles. The molecule has 1 saturated carbocycles. The van der Waals surface area contributed by atoms with E-state index < -0.39 is 0 Å². The number of rotatable bonds is 5. The molecule has 0 unspecified atom stereocenters. The Kier molecular flexibility index (Phi) is 4.38. The molecule has 2 atom stereocenters. The first-order chi connectivity index (χ1) is 11.3. The molecule has 0 saturated heterocycles. The van der Waals surface area contributed by atoms with Crippen LogP contribution in [0, 0.1) is 11.2 Å². The summed E-state index contributed by atoms with van der Waals surface area (Å²) in [4.78, 5) is 17.6. The van der Waals surface area contributed by atoms with Gasteiger partial charge in [0.25, 0.3) is 0 Å². The molecule has 4 nitrogen and oxygen atoms in total. The zero-order chi connectivity index (χ0) is 17.5. The maximum absolute atomic E-state index is 13.3. The minimum absolute atomic E-state index is 0.0379. The maximum atomic E-state index is 13.3. The lowest BCUT2D eigenvalue weighted by molar-refractivity contribution is -0.162. The van der Waals surface area contributed by atoms with Crippen molar-refractivity contribution < 1.29 is 13.9 Å². The van der Waals surface area contributed by atoms with E-state index in [0.717, 1.165) is 22.9 Å². The van der Waals surface area contributed by atoms with E-state index >= 15 is 0 Å². The highest BCUT2D eigenvalue weighted by molar-refractivity contribution is 5.89. The van der Waals surface area contributed by atoms with E-state index in [1.165, 1.54) is 12.1 Å². The van der Waals surface area contributed by atoms with Gasteiger partial charge in [0.05, 0.1) is 12.5 Å². The van der Waals surface area contributed by atoms with Crippen molar-refractivity contribution in [1.29, 1.82) is 0 Å². The molecule has 5 heteroatoms. The molecule has 24 heavy (non-hydrogen) atoms. The van der Waals surface area contributed by atoms with Crippen LogP contribution in [-0.2, 0) is 16.0 Å². The van der Waals surface area contributed by atoms with Gasteiger partial charge in [-0.15, -0.1) is 0 Å². The number of halogens is 1. The quantitative estimate of drug-likeness (QED) is 0.911. The zero-order valence-electron chi connectivity index (χ0n) is 14.7. The van der Waals surface area contributed by atoms with E-state index in [1.807, 2.05) is 18.9 Å². The molecule has 1 aliphatic rings. The van der Waals surface area contributed by atoms with Gasteiger partial charge in [-0.05, 0) is 37.1 Å². The van der Waals surface area contributed by atoms with Crippen molar-refractivity contribution in [1.82, 2.24) is 9.88 Å². The minimum atomic E-state index is -0.280. The van der Waals surface area contributed by atoms with E-state index in [4.69, 9.17) is 4.74 Å². The molecule has 1 amide bonds. The lowest BCUT2D eigenvalue weighted by atomic mass is 9.63. The number of hydrogen-bond donors (Lipinski definition) is 1. The summed E-state index contributed by atoms with van der Waals surface area (Å²) in [6.07, 6.45) is 3.19. The van der Waals surface area contributed by atoms with Gasteiger partial charge in [-0.3, -0.25) is 4.79 Å². The number of aromatic amines is 1. The van der Waals surface area contributed by atoms with Gasteiger partial charge < -0.3 is 14.6 Å². The summed E-state index contributed by atoms with van der Waals surface area (Å²) in [7, 11) is 1.87. The fraction of sp³-hybridized carbons (Fsp3) is 0.526. The number of aromatic nitrogens is 1. The van der Waals surface area contributed by atoms with Gasteiger partial charge >= 0.3 is 0 Å². The summed E-state index contributed by atoms with van der Waals surface area (Å²) < 4.78 is 19.0. The van der Waals surface area contributed by atoms with Crippen LogP contribution in [-0.4, -0.2) is 41.6 Å². The van der Waals surface area contributed by atoms with Crippen molar-refractivity contribution >= 4 is 16.8 Å². The van der Waals surface area contributed by atoms with E-state index in [9.17, 15) is 9.18 Å². The second-order valence-corrected chi connectivity index (χ2v) is 7.20. The number of fused-ring (bicyclic) bond motifs is 1. The summed E-state index contributed by atoms with van der Waals surface area (Å²) in [5, 5.41) is 0.901. The van der Waals surface area contributed by atoms with Gasteiger partial charge in [0, 0.05) is 42.2 Å². The molecule has 1 aromatic carbocycles. The first kappa shape index (κ1) is 17.0. The molecule has 0 aliphatic heterocycles. The van der Waals surface area contributed by atoms with Gasteiger partial charge in [-0.1, -0.05) is 13.8 Å². The number of nitrogens with zero attached hydrogens (tertiary/aromatic N) is 1. The molecule has 1 fully saturated rings. The minimum Gasteiger partial charge on any atom is -0.378 e. The van der Waals surface area contributed by atoms with Crippen LogP contribution >= 0.6 is 0 Å². The Morgan fingerprint density at radius 2 is 2.21 bits per heavy atom. The van der Waals surface area contributed by atoms with Crippen LogP contribution in [0.3, 0.4) is 0 Å². The molecular weight excluding hydrogens is 307 g/mol. The third-order valence-electron chi connectivity index (χ3n) is 5.43. The van der Waals surface area contributed by atoms with Gasteiger partial charge in [0.15, 0.2) is 0 Å². The van der Waals surface area contributed by atoms with Crippen LogP contribution in [0.4, 0.5) is 4.39 Å². The first-order valence-electron chi connectivity index (χ1n) is 8.47. The van der Waals surface area contributed by atoms with Gasteiger partial charge in [-0.25, -0.2) is 4.39 Å². The van der Waals surface area contributed by atoms with Gasteiger partial charge in [-0.2, -0.15) is 0 Å². The Balaban J connectivity index is 1.70. The number of ether oxygens (including phenoxy) is 1. The van der Waals surface area contributed by atoms with Crippen LogP contribution in [0.25, 0.3) is 10.9 Å². The molecule has 0 bridgehead atoms. The molecule has 0 spiro atoms. The SMILES string of the molecule is CCO[C@@H]1C[C@H](N(C)C(=O)Cc2c[nH]c3cc(F)ccc23)C1(C)C. The van der Waals surface area contributed by atoms with E-state index in [-0.39, 0.29) is 29.3 Å². The number of hydrogen-bond acceptors (Lipinski definition) is 2. The van der Waals surface area contributed by atoms with Crippen LogP contribution in [0.2, 0.25) is 0 Å². The average molecular weight is 332 g/mol. The summed E-state index contributed by atoms with van der Waals surface area (Å²) in [6.45, 7) is 7.00. The lowest BCUT2D eigenvalue weighted by Crippen LogP contribution is -2.62. The predicted molar refractivity (Wildman–Crippen MR) is 92.3 cm³/mol. The van der Waals surface area contributed by atoms with Crippen LogP contribution < -0.4 is 0 Å². The van der Waals surface area contributed by atoms with Crippen LogP contribution in [0.1, 0.15) is 32.8 Å². The van der Waals surface area contributed by atoms with Crippen molar-refractivity contribution in [2.24, 2.45) is 5.41 Å². The molecule has 1 aliphatic carbocycles. The number of nitrogens with one attached hydrogen (secondary N) is 1. The molecule has 1 aromatic heterocycles. The first-order valence-corrected chi connectivity index (χ1v) is 8.47. The van der Waals surface area contributed by atoms with Crippen molar-refractivity contribution in [3.63, 3.8) is 0 Å². The second kappa shape index (κ2) is 6.20. The molecule has 2 aromatic rings. The van der Waals surface area contributed by atoms with E-state index in [0.29, 0.717) is 13.0 Å². The third kappa shape index (κ3) is 2.81. The van der Waals surface area contributed by atoms with Crippen molar-refractivity contribution in [3.05, 3.63) is 35.8 Å². The van der Waals surface area contributed by atoms with Crippen LogP contribution in [0.15, 0.2) is 24.4 Å².